The Morgan fingerprint density at radius 2 is 0.613 bits per heavy atom. The largest absolute Gasteiger partial charge is 0.466 e. The van der Waals surface area contributed by atoms with Gasteiger partial charge in [0.1, 0.15) is 24.4 Å². The van der Waals surface area contributed by atoms with Gasteiger partial charge in [0.05, 0.1) is 37.1 Å². The molecule has 80 heavy (non-hydrogen) atoms. The van der Waals surface area contributed by atoms with E-state index in [0.29, 0.717) is 77.0 Å². The standard InChI is InChI=1S/C60H106N4O16/c1-19-21-27-59(47(67)77-41-33-51(3,4)61(71)52(5,6)34-41,48(68)78-42-35-53(7,8)62(72)54(9,10)36-42)29-23-31-75-45(65)25-26-46(66)76-32-24-30-60(28-22-20-2,49(69)79-43-37-55(11,12)63(73)56(13,14)38-43)50(70)80-44-39-57(15,16)64(74)58(17,18)40-44/h41-44,71-74H,19-40H2,1-18H3/p+1. The number of esters is 6. The summed E-state index contributed by atoms with van der Waals surface area (Å²) >= 11 is 0. The molecule has 0 saturated carbocycles. The van der Waals surface area contributed by atoms with Crippen molar-refractivity contribution < 1.29 is 78.0 Å². The average Bonchev–Trinajstić information content (AvgIpc) is 3.31. The number of hydrogen-bond acceptors (Lipinski definition) is 19. The Morgan fingerprint density at radius 1 is 0.400 bits per heavy atom. The van der Waals surface area contributed by atoms with E-state index < -0.39 is 115 Å². The zero-order chi connectivity index (χ0) is 60.9. The van der Waals surface area contributed by atoms with E-state index in [1.54, 1.807) is 0 Å². The maximum atomic E-state index is 14.7. The van der Waals surface area contributed by atoms with E-state index in [0.717, 1.165) is 0 Å². The molecule has 4 aliphatic heterocycles. The number of hydrogen-bond donors (Lipinski definition) is 3. The fourth-order valence-corrected chi connectivity index (χ4v) is 13.8. The molecule has 20 nitrogen and oxygen atoms in total. The van der Waals surface area contributed by atoms with Gasteiger partial charge in [0.2, 0.25) is 0 Å². The van der Waals surface area contributed by atoms with E-state index >= 15 is 0 Å². The van der Waals surface area contributed by atoms with E-state index in [1.165, 1.54) is 20.3 Å². The molecule has 1 unspecified atom stereocenters. The number of carbonyl (C=O) groups excluding carboxylic acids is 6. The van der Waals surface area contributed by atoms with Gasteiger partial charge in [-0.1, -0.05) is 44.6 Å². The molecule has 0 spiro atoms. The van der Waals surface area contributed by atoms with Crippen LogP contribution in [-0.4, -0.2) is 159 Å². The number of nitrogens with zero attached hydrogens (tertiary/aromatic N) is 4. The summed E-state index contributed by atoms with van der Waals surface area (Å²) in [6, 6.07) is 0. The third-order valence-corrected chi connectivity index (χ3v) is 17.6. The predicted octanol–water partition coefficient (Wildman–Crippen LogP) is 9.83. The third kappa shape index (κ3) is 16.6. The molecule has 4 heterocycles. The van der Waals surface area contributed by atoms with Crippen molar-refractivity contribution in [3.05, 3.63) is 0 Å². The number of ether oxygens (including phenoxy) is 6. The summed E-state index contributed by atoms with van der Waals surface area (Å²) in [6.07, 6.45) is 2.15. The number of unbranched alkanes of at least 4 members (excludes halogenated alkanes) is 2. The lowest BCUT2D eigenvalue weighted by atomic mass is 9.77. The first kappa shape index (κ1) is 69.0. The Morgan fingerprint density at radius 3 is 0.838 bits per heavy atom. The molecule has 0 aromatic rings. The number of piperidine rings is 4. The lowest BCUT2D eigenvalue weighted by molar-refractivity contribution is -0.263. The Kier molecular flexibility index (Phi) is 22.6. The van der Waals surface area contributed by atoms with Crippen LogP contribution < -0.4 is 0 Å². The van der Waals surface area contributed by atoms with Crippen molar-refractivity contribution in [3.8, 4) is 0 Å². The summed E-state index contributed by atoms with van der Waals surface area (Å²) in [7, 11) is 0. The maximum Gasteiger partial charge on any atom is 0.323 e. The van der Waals surface area contributed by atoms with Gasteiger partial charge in [0, 0.05) is 84.6 Å². The third-order valence-electron chi connectivity index (χ3n) is 17.6. The molecule has 1 atom stereocenters. The molecule has 0 aromatic carbocycles. The molecule has 0 aliphatic carbocycles. The van der Waals surface area contributed by atoms with Crippen LogP contribution in [0.2, 0.25) is 0 Å². The number of carbonyl (C=O) groups is 6. The Balaban J connectivity index is 1.45. The highest BCUT2D eigenvalue weighted by Gasteiger charge is 2.57. The fraction of sp³-hybridized carbons (Fsp3) is 0.900. The molecule has 20 heteroatoms. The topological polar surface area (TPSA) is 254 Å². The summed E-state index contributed by atoms with van der Waals surface area (Å²) in [4.78, 5) is 85.2. The van der Waals surface area contributed by atoms with E-state index in [1.807, 2.05) is 125 Å². The molecule has 4 rings (SSSR count). The van der Waals surface area contributed by atoms with E-state index in [-0.39, 0.29) is 64.6 Å². The van der Waals surface area contributed by atoms with Gasteiger partial charge in [-0.05, 0) is 149 Å². The second-order valence-electron chi connectivity index (χ2n) is 29.0. The van der Waals surface area contributed by atoms with Crippen LogP contribution in [0.4, 0.5) is 0 Å². The lowest BCUT2D eigenvalue weighted by Gasteiger charge is -2.51. The first-order valence-electron chi connectivity index (χ1n) is 29.7. The zero-order valence-corrected chi connectivity index (χ0v) is 52.4. The molecule has 0 radical (unpaired) electrons. The van der Waals surface area contributed by atoms with Crippen LogP contribution >= 0.6 is 0 Å². The minimum absolute atomic E-state index is 0.0493. The Bertz CT molecular complexity index is 1820. The van der Waals surface area contributed by atoms with Gasteiger partial charge in [0.15, 0.2) is 10.8 Å². The normalized spacial score (nSPS) is 24.2. The van der Waals surface area contributed by atoms with Gasteiger partial charge in [0.25, 0.3) is 0 Å². The summed E-state index contributed by atoms with van der Waals surface area (Å²) in [5.74, 6) is -4.32. The molecule has 0 bridgehead atoms. The van der Waals surface area contributed by atoms with Gasteiger partial charge in [-0.2, -0.15) is 15.2 Å². The first-order valence-corrected chi connectivity index (χ1v) is 29.7. The van der Waals surface area contributed by atoms with Crippen LogP contribution in [0.5, 0.6) is 0 Å². The highest BCUT2D eigenvalue weighted by atomic mass is 16.6. The number of rotatable bonds is 25. The summed E-state index contributed by atoms with van der Waals surface area (Å²) < 4.78 is 36.3. The van der Waals surface area contributed by atoms with Crippen molar-refractivity contribution >= 4 is 35.8 Å². The van der Waals surface area contributed by atoms with Crippen LogP contribution in [0.15, 0.2) is 0 Å². The second-order valence-corrected chi connectivity index (χ2v) is 29.0. The van der Waals surface area contributed by atoms with E-state index in [9.17, 15) is 44.4 Å². The lowest BCUT2D eigenvalue weighted by Crippen LogP contribution is -2.61. The van der Waals surface area contributed by atoms with Crippen LogP contribution in [0.1, 0.15) is 253 Å². The van der Waals surface area contributed by atoms with Crippen LogP contribution in [0, 0.1) is 10.8 Å². The van der Waals surface area contributed by atoms with Gasteiger partial charge >= 0.3 is 35.8 Å². The molecular formula is C60H107N4O16+. The SMILES string of the molecule is CCCCC(CCCOC(=O)CCC(=O)OCCCC(CCCC)(C(=O)OC1CC(C)(C)N(O)C(C)(C)C1)C(=O)OC1CC(C)(C)N([OH2+])C(C)(C)C1)(C(=O)OC1CC(C)(C)N(O)C(C)(C)C1)C(=O)OC1CC(C)(C)N(O)C(C)(C)C1. The van der Waals surface area contributed by atoms with Gasteiger partial charge in [-0.25, -0.2) is 0 Å². The summed E-state index contributed by atoms with van der Waals surface area (Å²) in [6.45, 7) is 33.6. The minimum atomic E-state index is -1.76. The van der Waals surface area contributed by atoms with Crippen molar-refractivity contribution in [1.82, 2.24) is 20.3 Å². The van der Waals surface area contributed by atoms with Gasteiger partial charge < -0.3 is 49.3 Å². The molecule has 5 N–H and O–H groups in total. The van der Waals surface area contributed by atoms with Crippen molar-refractivity contribution in [3.63, 3.8) is 0 Å². The minimum Gasteiger partial charge on any atom is -0.466 e. The second kappa shape index (κ2) is 26.2. The Hall–Kier alpha value is -3.50. The quantitative estimate of drug-likeness (QED) is 0.0253. The molecule has 4 aliphatic rings. The van der Waals surface area contributed by atoms with Crippen molar-refractivity contribution in [2.75, 3.05) is 13.2 Å². The Labute approximate surface area is 478 Å². The molecule has 0 aromatic heterocycles. The van der Waals surface area contributed by atoms with E-state index in [4.69, 9.17) is 33.6 Å². The van der Waals surface area contributed by atoms with Crippen LogP contribution in [0.25, 0.3) is 0 Å². The van der Waals surface area contributed by atoms with E-state index in [2.05, 4.69) is 0 Å². The first-order chi connectivity index (χ1) is 36.6. The number of hydroxylamine groups is 8. The molecule has 4 saturated heterocycles. The molecule has 0 amide bonds. The maximum absolute atomic E-state index is 14.7. The fourth-order valence-electron chi connectivity index (χ4n) is 13.8. The molecular weight excluding hydrogens is 1030 g/mol. The predicted molar refractivity (Wildman–Crippen MR) is 299 cm³/mol. The average molecular weight is 1140 g/mol. The van der Waals surface area contributed by atoms with Gasteiger partial charge in [-0.3, -0.25) is 28.8 Å². The highest BCUT2D eigenvalue weighted by molar-refractivity contribution is 6.01. The van der Waals surface area contributed by atoms with Crippen LogP contribution in [0.3, 0.4) is 0 Å². The van der Waals surface area contributed by atoms with Crippen molar-refractivity contribution in [2.24, 2.45) is 10.8 Å². The summed E-state index contributed by atoms with van der Waals surface area (Å²) in [5, 5.41) is 47.1. The molecule has 4 fully saturated rings. The van der Waals surface area contributed by atoms with Crippen molar-refractivity contribution in [1.29, 1.82) is 0 Å². The highest BCUT2D eigenvalue weighted by Crippen LogP contribution is 2.46. The molecule has 462 valence electrons. The summed E-state index contributed by atoms with van der Waals surface area (Å²) in [5.41, 5.74) is -9.21. The van der Waals surface area contributed by atoms with Gasteiger partial charge in [-0.15, -0.1) is 0 Å². The van der Waals surface area contributed by atoms with Crippen molar-refractivity contribution in [2.45, 2.75) is 322 Å². The smallest absolute Gasteiger partial charge is 0.323 e. The van der Waals surface area contributed by atoms with Crippen LogP contribution in [-0.2, 0) is 57.2 Å². The zero-order valence-electron chi connectivity index (χ0n) is 52.4. The monoisotopic (exact) mass is 1140 g/mol.